The number of rotatable bonds is 4. The average molecular weight is 306 g/mol. The van der Waals surface area contributed by atoms with E-state index in [9.17, 15) is 9.59 Å². The van der Waals surface area contributed by atoms with Gasteiger partial charge in [0, 0.05) is 17.8 Å². The minimum atomic E-state index is -1.10. The van der Waals surface area contributed by atoms with E-state index >= 15 is 0 Å². The molecule has 110 valence electrons. The van der Waals surface area contributed by atoms with Crippen LogP contribution in [0.25, 0.3) is 0 Å². The summed E-state index contributed by atoms with van der Waals surface area (Å²) >= 11 is 1.67. The fourth-order valence-corrected chi connectivity index (χ4v) is 3.31. The second-order valence-electron chi connectivity index (χ2n) is 4.80. The molecule has 0 saturated heterocycles. The van der Waals surface area contributed by atoms with Crippen LogP contribution in [0.2, 0.25) is 0 Å². The van der Waals surface area contributed by atoms with E-state index < -0.39 is 5.97 Å². The van der Waals surface area contributed by atoms with E-state index in [1.807, 2.05) is 11.4 Å². The maximum atomic E-state index is 12.2. The number of carboxylic acid groups (broad SMARTS) is 1. The van der Waals surface area contributed by atoms with E-state index in [-0.39, 0.29) is 11.6 Å². The Kier molecular flexibility index (Phi) is 3.70. The molecule has 3 heterocycles. The standard InChI is InChI=1S/C13H14N4O3S/c18-12-3-1-2-11-10(4-7-21-11)17(12)6-5-16-8-9(13(19)20)14-15-16/h4,7-8H,1-3,5-6H2,(H,19,20). The quantitative estimate of drug-likeness (QED) is 0.922. The summed E-state index contributed by atoms with van der Waals surface area (Å²) in [6.07, 6.45) is 3.72. The Morgan fingerprint density at radius 3 is 3.00 bits per heavy atom. The number of anilines is 1. The van der Waals surface area contributed by atoms with Gasteiger partial charge in [-0.3, -0.25) is 4.79 Å². The molecule has 1 aliphatic rings. The number of carboxylic acids is 1. The van der Waals surface area contributed by atoms with Gasteiger partial charge in [0.2, 0.25) is 5.91 Å². The van der Waals surface area contributed by atoms with Crippen LogP contribution in [-0.2, 0) is 17.8 Å². The minimum Gasteiger partial charge on any atom is -0.476 e. The monoisotopic (exact) mass is 306 g/mol. The van der Waals surface area contributed by atoms with Gasteiger partial charge in [-0.25, -0.2) is 9.48 Å². The van der Waals surface area contributed by atoms with Crippen molar-refractivity contribution in [2.75, 3.05) is 11.4 Å². The highest BCUT2D eigenvalue weighted by Crippen LogP contribution is 2.31. The third-order valence-corrected chi connectivity index (χ3v) is 4.39. The number of carbonyl (C=O) groups is 2. The first-order valence-corrected chi connectivity index (χ1v) is 7.53. The van der Waals surface area contributed by atoms with E-state index in [4.69, 9.17) is 5.11 Å². The van der Waals surface area contributed by atoms with Crippen molar-refractivity contribution in [1.29, 1.82) is 0 Å². The van der Waals surface area contributed by atoms with Crippen LogP contribution in [0.3, 0.4) is 0 Å². The number of amides is 1. The SMILES string of the molecule is O=C(O)c1cn(CCN2C(=O)CCCc3sccc32)nn1. The van der Waals surface area contributed by atoms with Gasteiger partial charge >= 0.3 is 5.97 Å². The summed E-state index contributed by atoms with van der Waals surface area (Å²) < 4.78 is 1.45. The Bertz CT molecular complexity index is 679. The summed E-state index contributed by atoms with van der Waals surface area (Å²) in [6, 6.07) is 1.97. The summed E-state index contributed by atoms with van der Waals surface area (Å²) in [7, 11) is 0. The summed E-state index contributed by atoms with van der Waals surface area (Å²) in [5.41, 5.74) is 0.884. The van der Waals surface area contributed by atoms with Gasteiger partial charge in [-0.05, 0) is 24.3 Å². The van der Waals surface area contributed by atoms with E-state index in [1.54, 1.807) is 16.2 Å². The zero-order valence-corrected chi connectivity index (χ0v) is 12.0. The predicted octanol–water partition coefficient (Wildman–Crippen LogP) is 1.41. The molecule has 21 heavy (non-hydrogen) atoms. The van der Waals surface area contributed by atoms with E-state index in [0.717, 1.165) is 18.5 Å². The smallest absolute Gasteiger partial charge is 0.358 e. The Balaban J connectivity index is 1.74. The normalized spacial score (nSPS) is 14.9. The molecule has 0 bridgehead atoms. The lowest BCUT2D eigenvalue weighted by atomic mass is 10.2. The molecule has 1 amide bonds. The number of aromatic carboxylic acids is 1. The molecule has 1 N–H and O–H groups in total. The highest BCUT2D eigenvalue weighted by molar-refractivity contribution is 7.10. The lowest BCUT2D eigenvalue weighted by Crippen LogP contribution is -2.33. The number of aromatic nitrogens is 3. The van der Waals surface area contributed by atoms with Crippen LogP contribution in [0.4, 0.5) is 5.69 Å². The largest absolute Gasteiger partial charge is 0.476 e. The molecule has 0 saturated carbocycles. The molecular formula is C13H14N4O3S. The van der Waals surface area contributed by atoms with Crippen LogP contribution >= 0.6 is 11.3 Å². The zero-order chi connectivity index (χ0) is 14.8. The van der Waals surface area contributed by atoms with E-state index in [1.165, 1.54) is 15.8 Å². The number of hydrogen-bond donors (Lipinski definition) is 1. The maximum Gasteiger partial charge on any atom is 0.358 e. The van der Waals surface area contributed by atoms with Crippen LogP contribution in [0, 0.1) is 0 Å². The Morgan fingerprint density at radius 1 is 1.38 bits per heavy atom. The van der Waals surface area contributed by atoms with Gasteiger partial charge in [-0.15, -0.1) is 16.4 Å². The van der Waals surface area contributed by atoms with Gasteiger partial charge in [0.1, 0.15) is 0 Å². The number of aryl methyl sites for hydroxylation is 1. The van der Waals surface area contributed by atoms with Gasteiger partial charge in [0.15, 0.2) is 5.69 Å². The zero-order valence-electron chi connectivity index (χ0n) is 11.2. The summed E-state index contributed by atoms with van der Waals surface area (Å²) in [5.74, 6) is -1.00. The van der Waals surface area contributed by atoms with Crippen LogP contribution < -0.4 is 4.90 Å². The van der Waals surface area contributed by atoms with Crippen molar-refractivity contribution in [3.8, 4) is 0 Å². The molecule has 1 aliphatic heterocycles. The van der Waals surface area contributed by atoms with Crippen LogP contribution in [0.15, 0.2) is 17.6 Å². The van der Waals surface area contributed by atoms with Crippen molar-refractivity contribution in [2.45, 2.75) is 25.8 Å². The van der Waals surface area contributed by atoms with Crippen molar-refractivity contribution < 1.29 is 14.7 Å². The second kappa shape index (κ2) is 5.65. The molecule has 2 aromatic rings. The van der Waals surface area contributed by atoms with Crippen molar-refractivity contribution >= 4 is 28.9 Å². The number of carbonyl (C=O) groups excluding carboxylic acids is 1. The Morgan fingerprint density at radius 2 is 2.24 bits per heavy atom. The first-order valence-electron chi connectivity index (χ1n) is 6.65. The second-order valence-corrected chi connectivity index (χ2v) is 5.80. The summed E-state index contributed by atoms with van der Waals surface area (Å²) in [6.45, 7) is 0.881. The van der Waals surface area contributed by atoms with Crippen molar-refractivity contribution in [2.24, 2.45) is 0 Å². The molecule has 0 aliphatic carbocycles. The molecule has 0 atom stereocenters. The summed E-state index contributed by atoms with van der Waals surface area (Å²) in [4.78, 5) is 26.0. The van der Waals surface area contributed by atoms with Gasteiger partial charge in [-0.2, -0.15) is 0 Å². The molecule has 0 unspecified atom stereocenters. The highest BCUT2D eigenvalue weighted by Gasteiger charge is 2.23. The van der Waals surface area contributed by atoms with Gasteiger partial charge in [0.25, 0.3) is 0 Å². The molecule has 0 aromatic carbocycles. The Labute approximate surface area is 124 Å². The number of fused-ring (bicyclic) bond motifs is 1. The fourth-order valence-electron chi connectivity index (χ4n) is 2.38. The van der Waals surface area contributed by atoms with E-state index in [2.05, 4.69) is 10.3 Å². The molecule has 8 heteroatoms. The molecule has 0 fully saturated rings. The maximum absolute atomic E-state index is 12.2. The molecule has 3 rings (SSSR count). The lowest BCUT2D eigenvalue weighted by Gasteiger charge is -2.20. The highest BCUT2D eigenvalue weighted by atomic mass is 32.1. The van der Waals surface area contributed by atoms with Crippen LogP contribution in [0.1, 0.15) is 28.2 Å². The van der Waals surface area contributed by atoms with Crippen LogP contribution in [0.5, 0.6) is 0 Å². The molecule has 0 radical (unpaired) electrons. The molecule has 0 spiro atoms. The first kappa shape index (κ1) is 13.7. The third kappa shape index (κ3) is 2.80. The van der Waals surface area contributed by atoms with Crippen LogP contribution in [-0.4, -0.2) is 38.5 Å². The third-order valence-electron chi connectivity index (χ3n) is 3.42. The van der Waals surface area contributed by atoms with Crippen molar-refractivity contribution in [1.82, 2.24) is 15.0 Å². The topological polar surface area (TPSA) is 88.3 Å². The minimum absolute atomic E-state index is 0.0894. The lowest BCUT2D eigenvalue weighted by molar-refractivity contribution is -0.118. The summed E-state index contributed by atoms with van der Waals surface area (Å²) in [5, 5.41) is 18.1. The fraction of sp³-hybridized carbons (Fsp3) is 0.385. The van der Waals surface area contributed by atoms with Gasteiger partial charge in [-0.1, -0.05) is 5.21 Å². The number of nitrogens with zero attached hydrogens (tertiary/aromatic N) is 4. The van der Waals surface area contributed by atoms with Crippen molar-refractivity contribution in [3.63, 3.8) is 0 Å². The molecule has 2 aromatic heterocycles. The Hall–Kier alpha value is -2.22. The average Bonchev–Trinajstić information content (AvgIpc) is 3.06. The number of thiophene rings is 1. The van der Waals surface area contributed by atoms with Gasteiger partial charge in [0.05, 0.1) is 18.4 Å². The molecular weight excluding hydrogens is 292 g/mol. The van der Waals surface area contributed by atoms with Crippen molar-refractivity contribution in [3.05, 3.63) is 28.2 Å². The molecule has 7 nitrogen and oxygen atoms in total. The van der Waals surface area contributed by atoms with E-state index in [0.29, 0.717) is 19.5 Å². The number of hydrogen-bond acceptors (Lipinski definition) is 5. The first-order chi connectivity index (χ1) is 10.1. The van der Waals surface area contributed by atoms with Gasteiger partial charge < -0.3 is 10.0 Å². The predicted molar refractivity (Wildman–Crippen MR) is 76.6 cm³/mol.